The Hall–Kier alpha value is -2.78. The van der Waals surface area contributed by atoms with Gasteiger partial charge in [-0.1, -0.05) is 6.07 Å². The quantitative estimate of drug-likeness (QED) is 0.401. The van der Waals surface area contributed by atoms with Crippen LogP contribution in [0.15, 0.2) is 35.7 Å². The number of benzene rings is 1. The lowest BCUT2D eigenvalue weighted by atomic mass is 10.1. The molecular formula is C20H23N3O5S. The van der Waals surface area contributed by atoms with Crippen LogP contribution in [-0.4, -0.2) is 47.9 Å². The number of thiophene rings is 1. The fourth-order valence-corrected chi connectivity index (χ4v) is 4.28. The highest BCUT2D eigenvalue weighted by Crippen LogP contribution is 2.28. The van der Waals surface area contributed by atoms with Crippen LogP contribution in [0.4, 0.5) is 5.69 Å². The molecule has 1 aromatic carbocycles. The number of ether oxygens (including phenoxy) is 1. The van der Waals surface area contributed by atoms with Gasteiger partial charge in [0.05, 0.1) is 23.1 Å². The number of rotatable bonds is 8. The van der Waals surface area contributed by atoms with Crippen molar-refractivity contribution in [2.24, 2.45) is 0 Å². The third-order valence-electron chi connectivity index (χ3n) is 4.81. The lowest BCUT2D eigenvalue weighted by Crippen LogP contribution is -2.36. The van der Waals surface area contributed by atoms with Gasteiger partial charge in [-0.25, -0.2) is 4.79 Å². The standard InChI is InChI=1S/C20H23N3O5S/c1-2-28-20(25)15-10-14(11-16(12-15)23(26)27)19(24)21-13-17(18-6-5-9-29-18)22-7-3-4-8-22/h5-6,9-12,17H,2-4,7-8,13H2,1H3,(H,21,24). The van der Waals surface area contributed by atoms with Crippen molar-refractivity contribution in [1.82, 2.24) is 10.2 Å². The predicted molar refractivity (Wildman–Crippen MR) is 109 cm³/mol. The van der Waals surface area contributed by atoms with E-state index in [9.17, 15) is 19.7 Å². The highest BCUT2D eigenvalue weighted by atomic mass is 32.1. The number of nitrogens with one attached hydrogen (secondary N) is 1. The van der Waals surface area contributed by atoms with Gasteiger partial charge in [-0.05, 0) is 50.4 Å². The Labute approximate surface area is 172 Å². The molecule has 1 amide bonds. The zero-order valence-electron chi connectivity index (χ0n) is 16.1. The van der Waals surface area contributed by atoms with Crippen molar-refractivity contribution >= 4 is 28.9 Å². The summed E-state index contributed by atoms with van der Waals surface area (Å²) in [6.45, 7) is 4.12. The van der Waals surface area contributed by atoms with E-state index in [1.807, 2.05) is 17.5 Å². The van der Waals surface area contributed by atoms with Gasteiger partial charge in [0.25, 0.3) is 11.6 Å². The third-order valence-corrected chi connectivity index (χ3v) is 5.78. The summed E-state index contributed by atoms with van der Waals surface area (Å²) in [5, 5.41) is 16.1. The van der Waals surface area contributed by atoms with E-state index in [1.165, 1.54) is 17.0 Å². The molecule has 0 radical (unpaired) electrons. The molecule has 1 saturated heterocycles. The van der Waals surface area contributed by atoms with Crippen molar-refractivity contribution in [2.45, 2.75) is 25.8 Å². The van der Waals surface area contributed by atoms with Crippen LogP contribution >= 0.6 is 11.3 Å². The van der Waals surface area contributed by atoms with Crippen molar-refractivity contribution in [3.05, 3.63) is 61.8 Å². The lowest BCUT2D eigenvalue weighted by Gasteiger charge is -2.27. The second-order valence-corrected chi connectivity index (χ2v) is 7.71. The van der Waals surface area contributed by atoms with Crippen LogP contribution in [0.1, 0.15) is 51.4 Å². The first kappa shape index (κ1) is 20.9. The number of nitro benzene ring substituents is 1. The molecule has 9 heteroatoms. The van der Waals surface area contributed by atoms with Crippen molar-refractivity contribution in [2.75, 3.05) is 26.2 Å². The fourth-order valence-electron chi connectivity index (χ4n) is 3.42. The van der Waals surface area contributed by atoms with Crippen molar-refractivity contribution < 1.29 is 19.2 Å². The van der Waals surface area contributed by atoms with E-state index in [0.717, 1.165) is 32.0 Å². The number of hydrogen-bond acceptors (Lipinski definition) is 7. The van der Waals surface area contributed by atoms with Crippen LogP contribution in [0.25, 0.3) is 0 Å². The molecule has 1 fully saturated rings. The number of hydrogen-bond donors (Lipinski definition) is 1. The topological polar surface area (TPSA) is 102 Å². The van der Waals surface area contributed by atoms with Crippen LogP contribution < -0.4 is 5.32 Å². The van der Waals surface area contributed by atoms with E-state index in [0.29, 0.717) is 6.54 Å². The Balaban J connectivity index is 1.78. The van der Waals surface area contributed by atoms with Gasteiger partial charge in [-0.2, -0.15) is 0 Å². The fraction of sp³-hybridized carbons (Fsp3) is 0.400. The molecule has 1 N–H and O–H groups in total. The van der Waals surface area contributed by atoms with Crippen molar-refractivity contribution in [1.29, 1.82) is 0 Å². The minimum Gasteiger partial charge on any atom is -0.462 e. The maximum absolute atomic E-state index is 12.7. The molecule has 1 unspecified atom stereocenters. The predicted octanol–water partition coefficient (Wildman–Crippen LogP) is 3.40. The summed E-state index contributed by atoms with van der Waals surface area (Å²) < 4.78 is 4.91. The summed E-state index contributed by atoms with van der Waals surface area (Å²) in [7, 11) is 0. The van der Waals surface area contributed by atoms with Crippen LogP contribution in [0.2, 0.25) is 0 Å². The van der Waals surface area contributed by atoms with Gasteiger partial charge in [0.2, 0.25) is 0 Å². The molecule has 1 aromatic heterocycles. The molecule has 2 aromatic rings. The normalized spacial score (nSPS) is 15.1. The molecule has 1 aliphatic rings. The highest BCUT2D eigenvalue weighted by molar-refractivity contribution is 7.10. The Morgan fingerprint density at radius 3 is 2.62 bits per heavy atom. The van der Waals surface area contributed by atoms with E-state index in [1.54, 1.807) is 18.3 Å². The third kappa shape index (κ3) is 5.18. The zero-order valence-corrected chi connectivity index (χ0v) is 16.9. The first-order valence-corrected chi connectivity index (χ1v) is 10.4. The second kappa shape index (κ2) is 9.62. The summed E-state index contributed by atoms with van der Waals surface area (Å²) in [5.74, 6) is -1.15. The molecule has 1 atom stereocenters. The lowest BCUT2D eigenvalue weighted by molar-refractivity contribution is -0.384. The molecule has 0 aliphatic carbocycles. The van der Waals surface area contributed by atoms with E-state index in [4.69, 9.17) is 4.74 Å². The van der Waals surface area contributed by atoms with E-state index in [-0.39, 0.29) is 29.5 Å². The van der Waals surface area contributed by atoms with Crippen LogP contribution in [0.5, 0.6) is 0 Å². The Bertz CT molecular complexity index is 878. The number of carbonyl (C=O) groups is 2. The molecule has 0 saturated carbocycles. The number of non-ortho nitro benzene ring substituents is 1. The first-order valence-electron chi connectivity index (χ1n) is 9.52. The molecule has 8 nitrogen and oxygen atoms in total. The maximum Gasteiger partial charge on any atom is 0.338 e. The first-order chi connectivity index (χ1) is 14.0. The van der Waals surface area contributed by atoms with Crippen molar-refractivity contribution in [3.8, 4) is 0 Å². The SMILES string of the molecule is CCOC(=O)c1cc(C(=O)NCC(c2cccs2)N2CCCC2)cc([N+](=O)[O-])c1. The summed E-state index contributed by atoms with van der Waals surface area (Å²) in [5.41, 5.74) is -0.274. The van der Waals surface area contributed by atoms with Crippen LogP contribution in [0.3, 0.4) is 0 Å². The number of nitro groups is 1. The molecule has 2 heterocycles. The van der Waals surface area contributed by atoms with Gasteiger partial charge in [-0.15, -0.1) is 11.3 Å². The summed E-state index contributed by atoms with van der Waals surface area (Å²) in [6, 6.07) is 7.71. The largest absolute Gasteiger partial charge is 0.462 e. The molecule has 154 valence electrons. The Morgan fingerprint density at radius 2 is 2.00 bits per heavy atom. The molecule has 29 heavy (non-hydrogen) atoms. The van der Waals surface area contributed by atoms with E-state index < -0.39 is 16.8 Å². The number of carbonyl (C=O) groups excluding carboxylic acids is 2. The maximum atomic E-state index is 12.7. The van der Waals surface area contributed by atoms with Gasteiger partial charge in [0, 0.05) is 29.1 Å². The highest BCUT2D eigenvalue weighted by Gasteiger charge is 2.25. The minimum absolute atomic E-state index is 0.0134. The average Bonchev–Trinajstić information content (AvgIpc) is 3.42. The van der Waals surface area contributed by atoms with Crippen LogP contribution in [-0.2, 0) is 4.74 Å². The molecule has 3 rings (SSSR count). The smallest absolute Gasteiger partial charge is 0.338 e. The molecule has 0 bridgehead atoms. The summed E-state index contributed by atoms with van der Waals surface area (Å²) >= 11 is 1.64. The van der Waals surface area contributed by atoms with Gasteiger partial charge in [0.1, 0.15) is 0 Å². The van der Waals surface area contributed by atoms with Crippen molar-refractivity contribution in [3.63, 3.8) is 0 Å². The van der Waals surface area contributed by atoms with Crippen LogP contribution in [0, 0.1) is 10.1 Å². The van der Waals surface area contributed by atoms with E-state index >= 15 is 0 Å². The number of amides is 1. The number of likely N-dealkylation sites (tertiary alicyclic amines) is 1. The van der Waals surface area contributed by atoms with Gasteiger partial charge in [-0.3, -0.25) is 19.8 Å². The average molecular weight is 417 g/mol. The summed E-state index contributed by atoms with van der Waals surface area (Å²) in [6.07, 6.45) is 2.26. The molecule has 1 aliphatic heterocycles. The molecule has 0 spiro atoms. The van der Waals surface area contributed by atoms with Gasteiger partial charge >= 0.3 is 5.97 Å². The minimum atomic E-state index is -0.696. The van der Waals surface area contributed by atoms with Gasteiger partial charge < -0.3 is 10.1 Å². The number of esters is 1. The zero-order chi connectivity index (χ0) is 20.8. The second-order valence-electron chi connectivity index (χ2n) is 6.73. The van der Waals surface area contributed by atoms with E-state index in [2.05, 4.69) is 10.2 Å². The molecular weight excluding hydrogens is 394 g/mol. The van der Waals surface area contributed by atoms with Gasteiger partial charge in [0.15, 0.2) is 0 Å². The monoisotopic (exact) mass is 417 g/mol. The number of nitrogens with zero attached hydrogens (tertiary/aromatic N) is 2. The summed E-state index contributed by atoms with van der Waals surface area (Å²) in [4.78, 5) is 38.8. The Morgan fingerprint density at radius 1 is 1.28 bits per heavy atom. The Kier molecular flexibility index (Phi) is 6.95.